The Bertz CT molecular complexity index is 2010. The summed E-state index contributed by atoms with van der Waals surface area (Å²) in [6, 6.07) is 40.1. The minimum Gasteiger partial charge on any atom is -0.376 e. The van der Waals surface area contributed by atoms with Gasteiger partial charge in [0.25, 0.3) is 0 Å². The molecule has 4 heterocycles. The molecule has 0 amide bonds. The summed E-state index contributed by atoms with van der Waals surface area (Å²) in [6.45, 7) is 30.4. The standard InChI is InChI=1S/C15H23NO.C14H21NO.C14H20O.2C10H15NO.2CH4/c1-13(2)17-15-9-6-10-16(12-15)11-14-7-4-3-5-8-14;1-12(2)16-14-9-6-10-15(11-14)13-7-4-3-5-8-13;1-11(2)15-14-9-8-13(10-14)12-6-4-3-5-7-12;2*1-8(2)12-9(3)10-5-4-6-11-7-10;;/h3-5,7-8,13,15H,6,9-12H2,1-2H3;3-5,7-8,12,14H,6,9-11H2,1-2H3;3-7,11,13-14H,8-10H2,1-2H3;2*4-9H,1-3H3;2*1H4/t;;;2*9-;;/m...11../s1. The first-order valence-electron chi connectivity index (χ1n) is 27.3. The van der Waals surface area contributed by atoms with Crippen molar-refractivity contribution in [2.45, 2.75) is 216 Å². The number of likely N-dealkylation sites (tertiary alicyclic amines) is 1. The van der Waals surface area contributed by atoms with Gasteiger partial charge in [-0.05, 0) is 187 Å². The molecule has 3 fully saturated rings. The molecule has 0 N–H and O–H groups in total. The predicted molar refractivity (Wildman–Crippen MR) is 313 cm³/mol. The Balaban J connectivity index is 0.000000317. The van der Waals surface area contributed by atoms with Crippen LogP contribution in [0, 0.1) is 0 Å². The first-order chi connectivity index (χ1) is 34.6. The van der Waals surface area contributed by atoms with Gasteiger partial charge < -0.3 is 28.6 Å². The molecule has 412 valence electrons. The van der Waals surface area contributed by atoms with Crippen LogP contribution in [0.4, 0.5) is 5.69 Å². The molecule has 8 rings (SSSR count). The zero-order valence-corrected chi connectivity index (χ0v) is 46.4. The minimum absolute atomic E-state index is 0. The van der Waals surface area contributed by atoms with Crippen molar-refractivity contribution < 1.29 is 23.7 Å². The van der Waals surface area contributed by atoms with Crippen LogP contribution >= 0.6 is 0 Å². The summed E-state index contributed by atoms with van der Waals surface area (Å²) in [5.41, 5.74) is 6.46. The molecule has 5 aromatic rings. The fourth-order valence-corrected chi connectivity index (χ4v) is 9.48. The lowest BCUT2D eigenvalue weighted by atomic mass is 9.98. The van der Waals surface area contributed by atoms with E-state index in [0.717, 1.165) is 43.2 Å². The summed E-state index contributed by atoms with van der Waals surface area (Å²) in [7, 11) is 0. The van der Waals surface area contributed by atoms with Crippen molar-refractivity contribution in [3.05, 3.63) is 162 Å². The summed E-state index contributed by atoms with van der Waals surface area (Å²) in [4.78, 5) is 13.0. The van der Waals surface area contributed by atoms with Gasteiger partial charge in [0.15, 0.2) is 0 Å². The van der Waals surface area contributed by atoms with Crippen molar-refractivity contribution in [2.24, 2.45) is 0 Å². The number of ether oxygens (including phenoxy) is 5. The van der Waals surface area contributed by atoms with Gasteiger partial charge in [-0.25, -0.2) is 0 Å². The molecule has 3 aliphatic rings. The van der Waals surface area contributed by atoms with E-state index in [1.165, 1.54) is 68.3 Å². The molecule has 6 atom stereocenters. The molecular formula is C65H102N4O5. The van der Waals surface area contributed by atoms with E-state index in [4.69, 9.17) is 23.7 Å². The third kappa shape index (κ3) is 27.3. The topological polar surface area (TPSA) is 78.4 Å². The van der Waals surface area contributed by atoms with Crippen LogP contribution in [0.15, 0.2) is 140 Å². The number of aromatic nitrogens is 2. The van der Waals surface area contributed by atoms with Gasteiger partial charge in [0, 0.05) is 56.7 Å². The van der Waals surface area contributed by atoms with E-state index >= 15 is 0 Å². The van der Waals surface area contributed by atoms with Crippen molar-refractivity contribution in [1.29, 1.82) is 0 Å². The molecule has 74 heavy (non-hydrogen) atoms. The van der Waals surface area contributed by atoms with E-state index in [0.29, 0.717) is 36.6 Å². The summed E-state index contributed by atoms with van der Waals surface area (Å²) in [5, 5.41) is 0. The van der Waals surface area contributed by atoms with Crippen LogP contribution in [0.1, 0.15) is 183 Å². The molecule has 2 aliphatic heterocycles. The third-order valence-corrected chi connectivity index (χ3v) is 12.5. The number of anilines is 1. The van der Waals surface area contributed by atoms with Crippen LogP contribution in [-0.4, -0.2) is 89.9 Å². The molecule has 0 radical (unpaired) electrons. The first-order valence-corrected chi connectivity index (χ1v) is 27.3. The van der Waals surface area contributed by atoms with E-state index in [9.17, 15) is 0 Å². The summed E-state index contributed by atoms with van der Waals surface area (Å²) in [6.07, 6.45) is 19.0. The van der Waals surface area contributed by atoms with Crippen molar-refractivity contribution >= 4 is 5.69 Å². The lowest BCUT2D eigenvalue weighted by Crippen LogP contribution is -2.40. The zero-order valence-electron chi connectivity index (χ0n) is 46.4. The molecule has 9 nitrogen and oxygen atoms in total. The third-order valence-electron chi connectivity index (χ3n) is 12.5. The summed E-state index contributed by atoms with van der Waals surface area (Å²) in [5.74, 6) is 0.718. The van der Waals surface area contributed by atoms with Gasteiger partial charge in [0.1, 0.15) is 0 Å². The van der Waals surface area contributed by atoms with Gasteiger partial charge in [-0.15, -0.1) is 0 Å². The van der Waals surface area contributed by atoms with Crippen LogP contribution < -0.4 is 4.90 Å². The van der Waals surface area contributed by atoms with E-state index in [1.54, 1.807) is 12.4 Å². The normalized spacial score (nSPS) is 19.3. The van der Waals surface area contributed by atoms with Crippen LogP contribution in [0.25, 0.3) is 0 Å². The Morgan fingerprint density at radius 3 is 1.41 bits per heavy atom. The lowest BCUT2D eigenvalue weighted by molar-refractivity contribution is -0.0347. The smallest absolute Gasteiger partial charge is 0.0815 e. The quantitative estimate of drug-likeness (QED) is 0.0960. The van der Waals surface area contributed by atoms with Crippen molar-refractivity contribution in [2.75, 3.05) is 31.1 Å². The maximum Gasteiger partial charge on any atom is 0.0815 e. The summed E-state index contributed by atoms with van der Waals surface area (Å²) >= 11 is 0. The van der Waals surface area contributed by atoms with E-state index < -0.39 is 0 Å². The second-order valence-corrected chi connectivity index (χ2v) is 20.9. The Morgan fingerprint density at radius 1 is 0.473 bits per heavy atom. The molecule has 1 saturated carbocycles. The van der Waals surface area contributed by atoms with E-state index in [1.807, 2.05) is 78.2 Å². The highest BCUT2D eigenvalue weighted by Gasteiger charge is 2.27. The fraction of sp³-hybridized carbons (Fsp3) is 0.569. The van der Waals surface area contributed by atoms with Crippen molar-refractivity contribution in [3.63, 3.8) is 0 Å². The molecule has 0 spiro atoms. The Morgan fingerprint density at radius 2 is 0.932 bits per heavy atom. The highest BCUT2D eigenvalue weighted by Crippen LogP contribution is 2.36. The minimum atomic E-state index is 0. The fourth-order valence-electron chi connectivity index (χ4n) is 9.48. The van der Waals surface area contributed by atoms with Gasteiger partial charge in [0.2, 0.25) is 0 Å². The molecule has 4 unspecified atom stereocenters. The molecular weight excluding hydrogens is 917 g/mol. The second kappa shape index (κ2) is 37.3. The van der Waals surface area contributed by atoms with Crippen molar-refractivity contribution in [1.82, 2.24) is 14.9 Å². The van der Waals surface area contributed by atoms with Gasteiger partial charge in [-0.3, -0.25) is 14.9 Å². The van der Waals surface area contributed by atoms with E-state index in [-0.39, 0.29) is 39.3 Å². The first kappa shape index (κ1) is 65.6. The lowest BCUT2D eigenvalue weighted by Gasteiger charge is -2.35. The largest absolute Gasteiger partial charge is 0.376 e. The number of hydrogen-bond acceptors (Lipinski definition) is 9. The molecule has 2 aromatic heterocycles. The van der Waals surface area contributed by atoms with Gasteiger partial charge >= 0.3 is 0 Å². The second-order valence-electron chi connectivity index (χ2n) is 20.9. The Labute approximate surface area is 452 Å². The number of nitrogens with zero attached hydrogens (tertiary/aromatic N) is 4. The van der Waals surface area contributed by atoms with Gasteiger partial charge in [-0.1, -0.05) is 106 Å². The zero-order chi connectivity index (χ0) is 52.1. The molecule has 1 aliphatic carbocycles. The average Bonchev–Trinajstić information content (AvgIpc) is 3.83. The number of piperidine rings is 2. The highest BCUT2D eigenvalue weighted by molar-refractivity contribution is 5.46. The Kier molecular flexibility index (Phi) is 33.1. The molecule has 2 saturated heterocycles. The van der Waals surface area contributed by atoms with Crippen LogP contribution in [0.2, 0.25) is 0 Å². The number of hydrogen-bond donors (Lipinski definition) is 0. The highest BCUT2D eigenvalue weighted by atomic mass is 16.5. The maximum absolute atomic E-state index is 5.92. The predicted octanol–water partition coefficient (Wildman–Crippen LogP) is 16.3. The maximum atomic E-state index is 5.92. The molecule has 9 heteroatoms. The SMILES string of the molecule is C.C.CC(C)OC1CCC(c2ccccc2)C1.CC(C)OC1CCCN(Cc2ccccc2)C1.CC(C)OC1CCCN(c2ccccc2)C1.CC(C)O[C@H](C)c1cccnc1.CC(C)O[C@H](C)c1cccnc1. The molecule has 3 aromatic carbocycles. The molecule has 0 bridgehead atoms. The number of para-hydroxylation sites is 1. The van der Waals surface area contributed by atoms with Gasteiger partial charge in [0.05, 0.1) is 61.0 Å². The van der Waals surface area contributed by atoms with Crippen LogP contribution in [0.3, 0.4) is 0 Å². The van der Waals surface area contributed by atoms with Crippen LogP contribution in [0.5, 0.6) is 0 Å². The number of benzene rings is 3. The average molecular weight is 1020 g/mol. The van der Waals surface area contributed by atoms with Crippen molar-refractivity contribution in [3.8, 4) is 0 Å². The number of rotatable bonds is 16. The van der Waals surface area contributed by atoms with Gasteiger partial charge in [-0.2, -0.15) is 0 Å². The summed E-state index contributed by atoms with van der Waals surface area (Å²) < 4.78 is 28.9. The van der Waals surface area contributed by atoms with Crippen LogP contribution in [-0.2, 0) is 30.2 Å². The number of pyridine rings is 2. The monoisotopic (exact) mass is 1020 g/mol. The van der Waals surface area contributed by atoms with E-state index in [2.05, 4.69) is 152 Å². The Hall–Kier alpha value is -4.48.